The van der Waals surface area contributed by atoms with Gasteiger partial charge in [-0.1, -0.05) is 26.0 Å². The van der Waals surface area contributed by atoms with E-state index in [9.17, 15) is 5.11 Å². The molecule has 0 atom stereocenters. The van der Waals surface area contributed by atoms with Gasteiger partial charge in [-0.25, -0.2) is 0 Å². The second-order valence-electron chi connectivity index (χ2n) is 4.27. The predicted octanol–water partition coefficient (Wildman–Crippen LogP) is 3.06. The molecule has 1 nitrogen and oxygen atoms in total. The van der Waals surface area contributed by atoms with Crippen LogP contribution in [0.25, 0.3) is 0 Å². The van der Waals surface area contributed by atoms with E-state index in [0.29, 0.717) is 0 Å². The fourth-order valence-corrected chi connectivity index (χ4v) is 2.13. The first-order valence-corrected chi connectivity index (χ1v) is 5.06. The molecule has 13 heavy (non-hydrogen) atoms. The first kappa shape index (κ1) is 10.5. The van der Waals surface area contributed by atoms with Crippen LogP contribution in [0.2, 0.25) is 0 Å². The zero-order valence-corrected chi connectivity index (χ0v) is 9.09. The van der Waals surface area contributed by atoms with E-state index < -0.39 is 5.60 Å². The van der Waals surface area contributed by atoms with Crippen molar-refractivity contribution < 1.29 is 5.11 Å². The lowest BCUT2D eigenvalue weighted by Crippen LogP contribution is -2.37. The summed E-state index contributed by atoms with van der Waals surface area (Å²) in [6.45, 7) is 8.20. The molecule has 1 rings (SSSR count). The van der Waals surface area contributed by atoms with Gasteiger partial charge in [0, 0.05) is 0 Å². The van der Waals surface area contributed by atoms with E-state index in [0.717, 1.165) is 24.0 Å². The molecule has 0 aromatic carbocycles. The lowest BCUT2D eigenvalue weighted by atomic mass is 9.78. The molecule has 0 fully saturated rings. The molecule has 0 saturated heterocycles. The average molecular weight is 180 g/mol. The van der Waals surface area contributed by atoms with Crippen molar-refractivity contribution in [3.05, 3.63) is 23.3 Å². The Morgan fingerprint density at radius 1 is 1.15 bits per heavy atom. The van der Waals surface area contributed by atoms with Crippen LogP contribution in [-0.2, 0) is 0 Å². The summed E-state index contributed by atoms with van der Waals surface area (Å²) in [6, 6.07) is 0. The van der Waals surface area contributed by atoms with E-state index in [1.54, 1.807) is 0 Å². The Bertz CT molecular complexity index is 226. The highest BCUT2D eigenvalue weighted by Crippen LogP contribution is 2.35. The summed E-state index contributed by atoms with van der Waals surface area (Å²) in [5.74, 6) is 0.248. The molecule has 1 aliphatic carbocycles. The molecular weight excluding hydrogens is 160 g/mol. The number of hydrogen-bond donors (Lipinski definition) is 1. The van der Waals surface area contributed by atoms with Crippen molar-refractivity contribution in [1.82, 2.24) is 0 Å². The fraction of sp³-hybridized carbons (Fsp3) is 0.667. The molecule has 1 N–H and O–H groups in total. The lowest BCUT2D eigenvalue weighted by Gasteiger charge is -2.34. The van der Waals surface area contributed by atoms with Crippen molar-refractivity contribution in [2.45, 2.75) is 46.1 Å². The van der Waals surface area contributed by atoms with Crippen LogP contribution in [-0.4, -0.2) is 10.7 Å². The third kappa shape index (κ3) is 1.71. The molecule has 74 valence electrons. The highest BCUT2D eigenvalue weighted by atomic mass is 16.3. The average Bonchev–Trinajstić information content (AvgIpc) is 2.19. The third-order valence-corrected chi connectivity index (χ3v) is 3.11. The minimum absolute atomic E-state index is 0.248. The smallest absolute Gasteiger partial charge is 0.108 e. The van der Waals surface area contributed by atoms with Crippen molar-refractivity contribution in [3.63, 3.8) is 0 Å². The standard InChI is InChI=1S/C12H20O/c1-9(2)12(13)10(3)7-5-6-8-11(12)4/h7-9,13H,5-6H2,1-4H3. The van der Waals surface area contributed by atoms with E-state index in [-0.39, 0.29) is 5.92 Å². The van der Waals surface area contributed by atoms with Gasteiger partial charge >= 0.3 is 0 Å². The molecular formula is C12H20O. The normalized spacial score (nSPS) is 22.3. The Morgan fingerprint density at radius 3 is 1.85 bits per heavy atom. The molecule has 0 saturated carbocycles. The first-order chi connectivity index (χ1) is 5.99. The van der Waals surface area contributed by atoms with Gasteiger partial charge in [0.1, 0.15) is 5.60 Å². The van der Waals surface area contributed by atoms with Crippen LogP contribution >= 0.6 is 0 Å². The largest absolute Gasteiger partial charge is 0.381 e. The van der Waals surface area contributed by atoms with Crippen LogP contribution in [0.5, 0.6) is 0 Å². The van der Waals surface area contributed by atoms with Crippen LogP contribution in [0.1, 0.15) is 40.5 Å². The fourth-order valence-electron chi connectivity index (χ4n) is 2.13. The number of hydrogen-bond acceptors (Lipinski definition) is 1. The van der Waals surface area contributed by atoms with Gasteiger partial charge in [-0.05, 0) is 43.8 Å². The van der Waals surface area contributed by atoms with Crippen LogP contribution in [0, 0.1) is 5.92 Å². The van der Waals surface area contributed by atoms with Crippen molar-refractivity contribution in [1.29, 1.82) is 0 Å². The Kier molecular flexibility index (Phi) is 2.97. The quantitative estimate of drug-likeness (QED) is 0.615. The highest BCUT2D eigenvalue weighted by Gasteiger charge is 2.34. The monoisotopic (exact) mass is 180 g/mol. The molecule has 1 heteroatoms. The van der Waals surface area contributed by atoms with E-state index in [4.69, 9.17) is 0 Å². The summed E-state index contributed by atoms with van der Waals surface area (Å²) >= 11 is 0. The molecule has 0 aliphatic heterocycles. The molecule has 0 heterocycles. The van der Waals surface area contributed by atoms with Crippen LogP contribution in [0.15, 0.2) is 23.3 Å². The molecule has 0 radical (unpaired) electrons. The molecule has 0 amide bonds. The lowest BCUT2D eigenvalue weighted by molar-refractivity contribution is 0.0680. The van der Waals surface area contributed by atoms with Gasteiger partial charge in [0.05, 0.1) is 0 Å². The van der Waals surface area contributed by atoms with Crippen LogP contribution < -0.4 is 0 Å². The maximum atomic E-state index is 10.5. The summed E-state index contributed by atoms with van der Waals surface area (Å²) in [6.07, 6.45) is 6.43. The highest BCUT2D eigenvalue weighted by molar-refractivity contribution is 5.32. The molecule has 0 spiro atoms. The third-order valence-electron chi connectivity index (χ3n) is 3.11. The van der Waals surface area contributed by atoms with Crippen molar-refractivity contribution in [3.8, 4) is 0 Å². The Morgan fingerprint density at radius 2 is 1.54 bits per heavy atom. The maximum Gasteiger partial charge on any atom is 0.108 e. The summed E-state index contributed by atoms with van der Waals surface area (Å²) in [4.78, 5) is 0. The zero-order valence-electron chi connectivity index (χ0n) is 9.09. The molecule has 1 aliphatic rings. The van der Waals surface area contributed by atoms with Crippen LogP contribution in [0.4, 0.5) is 0 Å². The van der Waals surface area contributed by atoms with E-state index in [1.165, 1.54) is 0 Å². The zero-order chi connectivity index (χ0) is 10.1. The maximum absolute atomic E-state index is 10.5. The van der Waals surface area contributed by atoms with Gasteiger partial charge < -0.3 is 5.11 Å². The van der Waals surface area contributed by atoms with Crippen LogP contribution in [0.3, 0.4) is 0 Å². The van der Waals surface area contributed by atoms with Gasteiger partial charge in [-0.3, -0.25) is 0 Å². The molecule has 0 aromatic heterocycles. The Labute approximate surface area is 81.2 Å². The van der Waals surface area contributed by atoms with Crippen molar-refractivity contribution >= 4 is 0 Å². The van der Waals surface area contributed by atoms with Crippen molar-refractivity contribution in [2.75, 3.05) is 0 Å². The van der Waals surface area contributed by atoms with Gasteiger partial charge in [0.15, 0.2) is 0 Å². The second-order valence-corrected chi connectivity index (χ2v) is 4.27. The first-order valence-electron chi connectivity index (χ1n) is 5.06. The Balaban J connectivity index is 3.13. The molecule has 0 aromatic rings. The van der Waals surface area contributed by atoms with E-state index in [1.807, 2.05) is 13.8 Å². The van der Waals surface area contributed by atoms with Gasteiger partial charge in [0.25, 0.3) is 0 Å². The summed E-state index contributed by atoms with van der Waals surface area (Å²) in [7, 11) is 0. The minimum atomic E-state index is -0.698. The topological polar surface area (TPSA) is 20.2 Å². The molecule has 0 unspecified atom stereocenters. The summed E-state index contributed by atoms with van der Waals surface area (Å²) < 4.78 is 0. The number of allylic oxidation sites excluding steroid dienone is 2. The summed E-state index contributed by atoms with van der Waals surface area (Å²) in [5, 5.41) is 10.5. The minimum Gasteiger partial charge on any atom is -0.381 e. The predicted molar refractivity (Wildman–Crippen MR) is 56.5 cm³/mol. The SMILES string of the molecule is CC1=CCCC=C(C)C1(O)C(C)C. The summed E-state index contributed by atoms with van der Waals surface area (Å²) in [5.41, 5.74) is 1.51. The van der Waals surface area contributed by atoms with E-state index >= 15 is 0 Å². The van der Waals surface area contributed by atoms with Gasteiger partial charge in [-0.15, -0.1) is 0 Å². The number of aliphatic hydroxyl groups is 1. The second kappa shape index (κ2) is 3.67. The van der Waals surface area contributed by atoms with Gasteiger partial charge in [-0.2, -0.15) is 0 Å². The Hall–Kier alpha value is -0.560. The number of rotatable bonds is 1. The van der Waals surface area contributed by atoms with E-state index in [2.05, 4.69) is 26.0 Å². The van der Waals surface area contributed by atoms with Crippen molar-refractivity contribution in [2.24, 2.45) is 5.92 Å². The van der Waals surface area contributed by atoms with Gasteiger partial charge in [0.2, 0.25) is 0 Å². The molecule has 0 bridgehead atoms.